The molecule has 0 atom stereocenters. The predicted molar refractivity (Wildman–Crippen MR) is 121 cm³/mol. The van der Waals surface area contributed by atoms with Gasteiger partial charge in [-0.15, -0.1) is 0 Å². The molecule has 0 aliphatic carbocycles. The fourth-order valence-corrected chi connectivity index (χ4v) is 3.83. The summed E-state index contributed by atoms with van der Waals surface area (Å²) in [6.07, 6.45) is -3.68. The number of sulfonamides is 1. The zero-order chi connectivity index (χ0) is 26.7. The van der Waals surface area contributed by atoms with Crippen LogP contribution in [0.25, 0.3) is 0 Å². The Morgan fingerprint density at radius 1 is 1.14 bits per heavy atom. The number of hydrogen-bond donors (Lipinski definition) is 3. The van der Waals surface area contributed by atoms with Crippen molar-refractivity contribution in [2.24, 2.45) is 0 Å². The lowest BCUT2D eigenvalue weighted by molar-refractivity contribution is -0.137. The Labute approximate surface area is 201 Å². The number of carboxylic acids is 1. The van der Waals surface area contributed by atoms with Crippen molar-refractivity contribution in [2.45, 2.75) is 19.3 Å². The number of nitrogens with zero attached hydrogens (tertiary/aromatic N) is 3. The van der Waals surface area contributed by atoms with Gasteiger partial charge in [0.05, 0.1) is 17.5 Å². The number of carboxylic acid groups (broad SMARTS) is 1. The lowest BCUT2D eigenvalue weighted by Gasteiger charge is -2.21. The van der Waals surface area contributed by atoms with E-state index in [0.29, 0.717) is 18.1 Å². The number of anilines is 4. The lowest BCUT2D eigenvalue weighted by atomic mass is 10.2. The van der Waals surface area contributed by atoms with Gasteiger partial charge in [0.1, 0.15) is 11.4 Å². The second-order valence-corrected chi connectivity index (χ2v) is 9.18. The molecule has 3 rings (SSSR count). The summed E-state index contributed by atoms with van der Waals surface area (Å²) in [4.78, 5) is 18.4. The molecule has 9 nitrogen and oxygen atoms in total. The molecule has 0 aliphatic heterocycles. The van der Waals surface area contributed by atoms with Gasteiger partial charge in [-0.25, -0.2) is 22.5 Å². The van der Waals surface area contributed by atoms with E-state index in [-0.39, 0.29) is 33.6 Å². The molecule has 0 spiro atoms. The minimum Gasteiger partial charge on any atom is -0.478 e. The Morgan fingerprint density at radius 3 is 2.36 bits per heavy atom. The van der Waals surface area contributed by atoms with Gasteiger partial charge in [-0.1, -0.05) is 12.1 Å². The van der Waals surface area contributed by atoms with Crippen molar-refractivity contribution in [3.05, 3.63) is 71.4 Å². The fraction of sp³-hybridized carbons (Fsp3) is 0.190. The molecule has 1 heterocycles. The molecule has 2 aromatic carbocycles. The summed E-state index contributed by atoms with van der Waals surface area (Å²) < 4.78 is 90.4. The quantitative estimate of drug-likeness (QED) is 0.272. The first-order chi connectivity index (χ1) is 16.8. The maximum Gasteiger partial charge on any atom is 0.421 e. The third kappa shape index (κ3) is 6.56. The van der Waals surface area contributed by atoms with Crippen LogP contribution in [0, 0.1) is 0 Å². The van der Waals surface area contributed by atoms with Gasteiger partial charge in [0.15, 0.2) is 0 Å². The minimum atomic E-state index is -4.82. The van der Waals surface area contributed by atoms with Gasteiger partial charge in [0.25, 0.3) is 0 Å². The third-order valence-corrected chi connectivity index (χ3v) is 5.73. The number of nitrogens with one attached hydrogen (secondary N) is 2. The van der Waals surface area contributed by atoms with Gasteiger partial charge in [-0.05, 0) is 42.0 Å². The molecular formula is C21H18F5N5O4S. The van der Waals surface area contributed by atoms with Crippen molar-refractivity contribution in [3.8, 4) is 0 Å². The highest BCUT2D eigenvalue weighted by Crippen LogP contribution is 2.34. The minimum absolute atomic E-state index is 0.000228. The van der Waals surface area contributed by atoms with Crippen LogP contribution < -0.4 is 14.9 Å². The predicted octanol–water partition coefficient (Wildman–Crippen LogP) is 4.54. The highest BCUT2D eigenvalue weighted by Gasteiger charge is 2.35. The van der Waals surface area contributed by atoms with Crippen LogP contribution in [0.3, 0.4) is 0 Å². The van der Waals surface area contributed by atoms with Gasteiger partial charge < -0.3 is 15.7 Å². The van der Waals surface area contributed by atoms with Crippen LogP contribution in [0.5, 0.6) is 0 Å². The number of carbonyl (C=O) groups is 1. The molecule has 0 saturated heterocycles. The Kier molecular flexibility index (Phi) is 7.62. The fourth-order valence-electron chi connectivity index (χ4n) is 3.05. The maximum absolute atomic E-state index is 13.5. The molecule has 36 heavy (non-hydrogen) atoms. The van der Waals surface area contributed by atoms with Crippen molar-refractivity contribution in [1.82, 2.24) is 9.97 Å². The number of benzene rings is 2. The van der Waals surface area contributed by atoms with E-state index in [1.807, 2.05) is 0 Å². The number of aromatic carboxylic acids is 1. The van der Waals surface area contributed by atoms with Crippen LogP contribution in [0.2, 0.25) is 0 Å². The molecule has 0 saturated carbocycles. The molecular weight excluding hydrogens is 513 g/mol. The van der Waals surface area contributed by atoms with Crippen LogP contribution in [0.15, 0.2) is 54.7 Å². The summed E-state index contributed by atoms with van der Waals surface area (Å²) in [5.74, 6) is -2.01. The zero-order valence-electron chi connectivity index (χ0n) is 18.3. The molecule has 0 bridgehead atoms. The van der Waals surface area contributed by atoms with Gasteiger partial charge in [0, 0.05) is 18.4 Å². The number of alkyl halides is 5. The molecule has 0 amide bonds. The largest absolute Gasteiger partial charge is 0.478 e. The van der Waals surface area contributed by atoms with E-state index >= 15 is 0 Å². The standard InChI is InChI=1S/C21H18F5N5O4S/c1-36(34,35)31(19(22)23)15-4-2-3-12(9-15)10-27-17-16(21(24,25)26)11-28-20(30-17)29-14-7-5-13(6-8-14)18(32)33/h2-9,11,19H,10H2,1H3,(H,32,33)(H2,27,28,29,30). The average Bonchev–Trinajstić information content (AvgIpc) is 2.76. The van der Waals surface area contributed by atoms with Gasteiger partial charge >= 0.3 is 18.7 Å². The Morgan fingerprint density at radius 2 is 1.81 bits per heavy atom. The monoisotopic (exact) mass is 531 g/mol. The smallest absolute Gasteiger partial charge is 0.421 e. The van der Waals surface area contributed by atoms with Crippen molar-refractivity contribution in [3.63, 3.8) is 0 Å². The molecule has 0 fully saturated rings. The highest BCUT2D eigenvalue weighted by atomic mass is 32.2. The van der Waals surface area contributed by atoms with E-state index in [0.717, 1.165) is 12.1 Å². The number of aromatic nitrogens is 2. The first-order valence-electron chi connectivity index (χ1n) is 9.90. The van der Waals surface area contributed by atoms with E-state index in [4.69, 9.17) is 5.11 Å². The molecule has 3 aromatic rings. The van der Waals surface area contributed by atoms with Crippen LogP contribution >= 0.6 is 0 Å². The van der Waals surface area contributed by atoms with Crippen molar-refractivity contribution in [1.29, 1.82) is 0 Å². The second-order valence-electron chi connectivity index (χ2n) is 7.32. The third-order valence-electron chi connectivity index (χ3n) is 4.64. The molecule has 0 unspecified atom stereocenters. The SMILES string of the molecule is CS(=O)(=O)N(c1cccc(CNc2nc(Nc3ccc(C(=O)O)cc3)ncc2C(F)(F)F)c1)C(F)F. The van der Waals surface area contributed by atoms with Crippen molar-refractivity contribution in [2.75, 3.05) is 21.2 Å². The summed E-state index contributed by atoms with van der Waals surface area (Å²) in [6.45, 7) is -3.68. The summed E-state index contributed by atoms with van der Waals surface area (Å²) in [5, 5.41) is 14.1. The topological polar surface area (TPSA) is 125 Å². The van der Waals surface area contributed by atoms with Crippen molar-refractivity contribution >= 4 is 39.1 Å². The summed E-state index contributed by atoms with van der Waals surface area (Å²) in [7, 11) is -4.32. The summed E-state index contributed by atoms with van der Waals surface area (Å²) >= 11 is 0. The zero-order valence-corrected chi connectivity index (χ0v) is 19.1. The van der Waals surface area contributed by atoms with E-state index in [2.05, 4.69) is 20.6 Å². The number of halogens is 5. The van der Waals surface area contributed by atoms with Gasteiger partial charge in [-0.2, -0.15) is 26.9 Å². The van der Waals surface area contributed by atoms with Crippen LogP contribution in [-0.4, -0.2) is 42.3 Å². The lowest BCUT2D eigenvalue weighted by Crippen LogP contribution is -2.34. The van der Waals surface area contributed by atoms with E-state index in [1.54, 1.807) is 0 Å². The Bertz CT molecular complexity index is 1350. The summed E-state index contributed by atoms with van der Waals surface area (Å²) in [6, 6.07) is 10.2. The molecule has 0 radical (unpaired) electrons. The van der Waals surface area contributed by atoms with E-state index in [1.165, 1.54) is 36.4 Å². The second kappa shape index (κ2) is 10.3. The van der Waals surface area contributed by atoms with Gasteiger partial charge in [-0.3, -0.25) is 0 Å². The molecule has 3 N–H and O–H groups in total. The van der Waals surface area contributed by atoms with E-state index < -0.39 is 40.1 Å². The first-order valence-corrected chi connectivity index (χ1v) is 11.8. The summed E-state index contributed by atoms with van der Waals surface area (Å²) in [5.41, 5.74) is -1.05. The normalized spacial score (nSPS) is 11.9. The van der Waals surface area contributed by atoms with Crippen molar-refractivity contribution < 1.29 is 40.3 Å². The Balaban J connectivity index is 1.86. The van der Waals surface area contributed by atoms with Crippen LogP contribution in [0.1, 0.15) is 21.5 Å². The molecule has 192 valence electrons. The number of rotatable bonds is 9. The molecule has 15 heteroatoms. The van der Waals surface area contributed by atoms with Crippen LogP contribution in [0.4, 0.5) is 45.1 Å². The highest BCUT2D eigenvalue weighted by molar-refractivity contribution is 7.92. The average molecular weight is 531 g/mol. The van der Waals surface area contributed by atoms with E-state index in [9.17, 15) is 35.2 Å². The molecule has 1 aromatic heterocycles. The number of hydrogen-bond acceptors (Lipinski definition) is 7. The Hall–Kier alpha value is -4.01. The van der Waals surface area contributed by atoms with Crippen LogP contribution in [-0.2, 0) is 22.7 Å². The molecule has 0 aliphatic rings. The first kappa shape index (κ1) is 26.6. The maximum atomic E-state index is 13.5. The van der Waals surface area contributed by atoms with Gasteiger partial charge in [0.2, 0.25) is 16.0 Å².